The topological polar surface area (TPSA) is 47.3 Å². The highest BCUT2D eigenvalue weighted by atomic mass is 19.1. The largest absolute Gasteiger partial charge is 0.494 e. The summed E-state index contributed by atoms with van der Waals surface area (Å²) in [6.07, 6.45) is 1.55. The number of benzene rings is 2. The molecule has 0 heterocycles. The van der Waals surface area contributed by atoms with Crippen molar-refractivity contribution in [2.45, 2.75) is 25.8 Å². The van der Waals surface area contributed by atoms with E-state index in [2.05, 4.69) is 24.5 Å². The summed E-state index contributed by atoms with van der Waals surface area (Å²) < 4.78 is 19.3. The van der Waals surface area contributed by atoms with Gasteiger partial charge in [-0.25, -0.2) is 4.39 Å². The van der Waals surface area contributed by atoms with Crippen molar-refractivity contribution >= 4 is 0 Å². The molecular formula is C17H21FN2O. The third-order valence-electron chi connectivity index (χ3n) is 3.75. The molecule has 0 aliphatic heterocycles. The van der Waals surface area contributed by atoms with Crippen LogP contribution in [0.4, 0.5) is 4.39 Å². The molecule has 0 spiro atoms. The quantitative estimate of drug-likeness (QED) is 0.633. The van der Waals surface area contributed by atoms with Crippen LogP contribution in [0.5, 0.6) is 5.75 Å². The maximum Gasteiger partial charge on any atom is 0.169 e. The van der Waals surface area contributed by atoms with Crippen molar-refractivity contribution in [2.24, 2.45) is 5.84 Å². The zero-order chi connectivity index (χ0) is 15.2. The Morgan fingerprint density at radius 1 is 1.19 bits per heavy atom. The predicted molar refractivity (Wildman–Crippen MR) is 82.5 cm³/mol. The molecule has 0 aromatic heterocycles. The fourth-order valence-electron chi connectivity index (χ4n) is 2.47. The van der Waals surface area contributed by atoms with E-state index >= 15 is 0 Å². The third-order valence-corrected chi connectivity index (χ3v) is 3.75. The van der Waals surface area contributed by atoms with Gasteiger partial charge in [0.1, 0.15) is 0 Å². The molecule has 2 aromatic carbocycles. The van der Waals surface area contributed by atoms with Crippen LogP contribution in [-0.4, -0.2) is 7.11 Å². The molecule has 3 N–H and O–H groups in total. The van der Waals surface area contributed by atoms with Gasteiger partial charge in [0.25, 0.3) is 0 Å². The lowest BCUT2D eigenvalue weighted by molar-refractivity contribution is 0.378. The average Bonchev–Trinajstić information content (AvgIpc) is 2.51. The molecule has 0 saturated heterocycles. The molecule has 0 amide bonds. The van der Waals surface area contributed by atoms with Crippen LogP contribution in [-0.2, 0) is 6.42 Å². The minimum absolute atomic E-state index is 0.239. The minimum Gasteiger partial charge on any atom is -0.494 e. The number of nitrogens with one attached hydrogen (secondary N) is 1. The number of rotatable bonds is 6. The lowest BCUT2D eigenvalue weighted by atomic mass is 9.97. The molecule has 1 atom stereocenters. The second-order valence-electron chi connectivity index (χ2n) is 5.05. The summed E-state index contributed by atoms with van der Waals surface area (Å²) in [4.78, 5) is 0. The molecule has 0 bridgehead atoms. The second-order valence-corrected chi connectivity index (χ2v) is 5.05. The van der Waals surface area contributed by atoms with Crippen LogP contribution < -0.4 is 16.0 Å². The Labute approximate surface area is 124 Å². The van der Waals surface area contributed by atoms with Crippen LogP contribution in [0.25, 0.3) is 0 Å². The normalized spacial score (nSPS) is 12.2. The Morgan fingerprint density at radius 3 is 2.62 bits per heavy atom. The summed E-state index contributed by atoms with van der Waals surface area (Å²) in [5.74, 6) is 5.50. The van der Waals surface area contributed by atoms with Gasteiger partial charge < -0.3 is 4.74 Å². The summed E-state index contributed by atoms with van der Waals surface area (Å²) >= 11 is 0. The Kier molecular flexibility index (Phi) is 5.31. The monoisotopic (exact) mass is 288 g/mol. The first-order valence-corrected chi connectivity index (χ1v) is 7.00. The van der Waals surface area contributed by atoms with E-state index in [-0.39, 0.29) is 17.6 Å². The van der Waals surface area contributed by atoms with Gasteiger partial charge in [0.05, 0.1) is 7.11 Å². The second kappa shape index (κ2) is 7.20. The average molecular weight is 288 g/mol. The van der Waals surface area contributed by atoms with Crippen LogP contribution in [0.1, 0.15) is 29.2 Å². The third kappa shape index (κ3) is 3.60. The van der Waals surface area contributed by atoms with Gasteiger partial charge in [0, 0.05) is 11.6 Å². The highest BCUT2D eigenvalue weighted by Gasteiger charge is 2.17. The van der Waals surface area contributed by atoms with E-state index in [0.29, 0.717) is 12.0 Å². The smallest absolute Gasteiger partial charge is 0.169 e. The van der Waals surface area contributed by atoms with E-state index in [9.17, 15) is 4.39 Å². The highest BCUT2D eigenvalue weighted by molar-refractivity contribution is 5.33. The van der Waals surface area contributed by atoms with Gasteiger partial charge in [0.2, 0.25) is 0 Å². The number of hydrogen-bond acceptors (Lipinski definition) is 3. The van der Waals surface area contributed by atoms with Gasteiger partial charge in [-0.15, -0.1) is 0 Å². The maximum absolute atomic E-state index is 14.3. The Hall–Kier alpha value is -1.91. The molecule has 2 aromatic rings. The van der Waals surface area contributed by atoms with Crippen molar-refractivity contribution in [3.8, 4) is 5.75 Å². The zero-order valence-corrected chi connectivity index (χ0v) is 12.4. The van der Waals surface area contributed by atoms with E-state index in [1.165, 1.54) is 18.2 Å². The van der Waals surface area contributed by atoms with Gasteiger partial charge >= 0.3 is 0 Å². The van der Waals surface area contributed by atoms with Gasteiger partial charge in [0.15, 0.2) is 11.6 Å². The van der Waals surface area contributed by atoms with Crippen molar-refractivity contribution in [1.82, 2.24) is 5.43 Å². The number of aryl methyl sites for hydroxylation is 2. The van der Waals surface area contributed by atoms with Crippen LogP contribution in [0.3, 0.4) is 0 Å². The van der Waals surface area contributed by atoms with Crippen LogP contribution in [0.2, 0.25) is 0 Å². The van der Waals surface area contributed by atoms with Gasteiger partial charge in [-0.2, -0.15) is 0 Å². The lowest BCUT2D eigenvalue weighted by Gasteiger charge is -2.18. The molecule has 112 valence electrons. The Bertz CT molecular complexity index is 601. The fourth-order valence-corrected chi connectivity index (χ4v) is 2.47. The number of methoxy groups -OCH3 is 1. The zero-order valence-electron chi connectivity index (χ0n) is 12.4. The van der Waals surface area contributed by atoms with Gasteiger partial charge in [-0.3, -0.25) is 11.3 Å². The van der Waals surface area contributed by atoms with E-state index in [1.54, 1.807) is 18.2 Å². The molecule has 0 aliphatic rings. The first-order valence-electron chi connectivity index (χ1n) is 7.00. The number of halogens is 1. The van der Waals surface area contributed by atoms with Crippen molar-refractivity contribution in [3.63, 3.8) is 0 Å². The van der Waals surface area contributed by atoms with Crippen molar-refractivity contribution in [1.29, 1.82) is 0 Å². The molecule has 0 radical (unpaired) electrons. The van der Waals surface area contributed by atoms with Crippen LogP contribution in [0, 0.1) is 12.7 Å². The number of ether oxygens (including phenoxy) is 1. The lowest BCUT2D eigenvalue weighted by Crippen LogP contribution is -2.29. The summed E-state index contributed by atoms with van der Waals surface area (Å²) in [6, 6.07) is 13.1. The highest BCUT2D eigenvalue weighted by Crippen LogP contribution is 2.27. The number of nitrogens with two attached hydrogens (primary N) is 1. The van der Waals surface area contributed by atoms with Crippen molar-refractivity contribution in [3.05, 3.63) is 65.0 Å². The summed E-state index contributed by atoms with van der Waals surface area (Å²) in [7, 11) is 1.46. The van der Waals surface area contributed by atoms with E-state index in [0.717, 1.165) is 6.42 Å². The molecule has 0 saturated carbocycles. The Balaban J connectivity index is 2.16. The van der Waals surface area contributed by atoms with E-state index < -0.39 is 0 Å². The molecule has 3 nitrogen and oxygen atoms in total. The first kappa shape index (κ1) is 15.5. The Morgan fingerprint density at radius 2 is 1.95 bits per heavy atom. The summed E-state index contributed by atoms with van der Waals surface area (Å²) in [5.41, 5.74) is 5.72. The van der Waals surface area contributed by atoms with Gasteiger partial charge in [-0.05, 0) is 37.0 Å². The van der Waals surface area contributed by atoms with Crippen LogP contribution >= 0.6 is 0 Å². The van der Waals surface area contributed by atoms with Crippen LogP contribution in [0.15, 0.2) is 42.5 Å². The minimum atomic E-state index is -0.354. The number of hydrogen-bond donors (Lipinski definition) is 2. The molecule has 0 fully saturated rings. The summed E-state index contributed by atoms with van der Waals surface area (Å²) in [5, 5.41) is 0. The standard InChI is InChI=1S/C17H21FN2O/c1-12-6-3-4-7-13(12)10-11-15(20-19)14-8-5-9-16(21-2)17(14)18/h3-9,15,20H,10-11,19H2,1-2H3. The molecule has 0 aliphatic carbocycles. The maximum atomic E-state index is 14.3. The predicted octanol–water partition coefficient (Wildman–Crippen LogP) is 3.28. The molecule has 4 heteroatoms. The van der Waals surface area contributed by atoms with E-state index in [4.69, 9.17) is 10.6 Å². The van der Waals surface area contributed by atoms with E-state index in [1.807, 2.05) is 12.1 Å². The summed E-state index contributed by atoms with van der Waals surface area (Å²) in [6.45, 7) is 2.08. The fraction of sp³-hybridized carbons (Fsp3) is 0.294. The molecule has 1 unspecified atom stereocenters. The molecule has 2 rings (SSSR count). The SMILES string of the molecule is COc1cccc(C(CCc2ccccc2C)NN)c1F. The van der Waals surface area contributed by atoms with Crippen molar-refractivity contribution in [2.75, 3.05) is 7.11 Å². The first-order chi connectivity index (χ1) is 10.2. The number of hydrazine groups is 1. The molecule has 21 heavy (non-hydrogen) atoms. The van der Waals surface area contributed by atoms with Crippen molar-refractivity contribution < 1.29 is 9.13 Å². The molecular weight excluding hydrogens is 267 g/mol. The van der Waals surface area contributed by atoms with Gasteiger partial charge in [-0.1, -0.05) is 36.4 Å².